The van der Waals surface area contributed by atoms with Crippen molar-refractivity contribution in [1.29, 1.82) is 0 Å². The van der Waals surface area contributed by atoms with Gasteiger partial charge in [-0.25, -0.2) is 0 Å². The zero-order chi connectivity index (χ0) is 33.2. The predicted molar refractivity (Wildman–Crippen MR) is 191 cm³/mol. The van der Waals surface area contributed by atoms with Crippen molar-refractivity contribution in [1.82, 2.24) is 0 Å². The lowest BCUT2D eigenvalue weighted by Gasteiger charge is -2.19. The molecule has 0 aliphatic heterocycles. The number of hydrogen-bond acceptors (Lipinski definition) is 6. The first-order valence-electron chi connectivity index (χ1n) is 18.6. The van der Waals surface area contributed by atoms with Crippen LogP contribution in [0.5, 0.6) is 28.7 Å². The smallest absolute Gasteiger partial charge is 0.172 e. The quantitative estimate of drug-likeness (QED) is 0.0651. The molecule has 6 heteroatoms. The highest BCUT2D eigenvalue weighted by Gasteiger charge is 2.21. The van der Waals surface area contributed by atoms with E-state index in [1.165, 1.54) is 0 Å². The monoisotopic (exact) mass is 640 g/mol. The minimum Gasteiger partial charge on any atom is -0.494 e. The van der Waals surface area contributed by atoms with Crippen molar-refractivity contribution in [2.75, 3.05) is 33.0 Å². The fraction of sp³-hybridized carbons (Fsp3) is 0.675. The third-order valence-corrected chi connectivity index (χ3v) is 8.02. The molecule has 0 fully saturated rings. The van der Waals surface area contributed by atoms with Gasteiger partial charge in [0.1, 0.15) is 17.2 Å². The first-order valence-corrected chi connectivity index (χ1v) is 18.6. The molecule has 0 heterocycles. The second-order valence-corrected chi connectivity index (χ2v) is 12.3. The number of ether oxygens (including phenoxy) is 5. The summed E-state index contributed by atoms with van der Waals surface area (Å²) in [4.78, 5) is 14.1. The van der Waals surface area contributed by atoms with Crippen molar-refractivity contribution in [2.45, 2.75) is 144 Å². The van der Waals surface area contributed by atoms with Crippen LogP contribution in [0.4, 0.5) is 0 Å². The minimum absolute atomic E-state index is 0.00843. The molecule has 0 unspecified atom stereocenters. The molecule has 0 amide bonds. The second kappa shape index (κ2) is 25.2. The molecule has 0 atom stereocenters. The Hall–Kier alpha value is -2.89. The van der Waals surface area contributed by atoms with Gasteiger partial charge in [0.05, 0.1) is 38.6 Å². The number of ketones is 1. The maximum atomic E-state index is 14.1. The standard InChI is InChI=1S/C40H64O6/c1-6-11-16-25-42-34-22-24-38(44-27-18-13-8-3)33(30-34)21-23-37(41)36-31-35(43-26-17-12-7-2)32-39(45-28-19-14-9-4)40(36)46-29-20-15-10-5/h22,24,30-32H,6-21,23,25-29H2,1-5H3. The normalized spacial score (nSPS) is 11.0. The molecule has 0 aromatic heterocycles. The van der Waals surface area contributed by atoms with Gasteiger partial charge in [0.25, 0.3) is 0 Å². The van der Waals surface area contributed by atoms with Gasteiger partial charge in [0.15, 0.2) is 17.3 Å². The lowest BCUT2D eigenvalue weighted by molar-refractivity contribution is 0.0976. The molecule has 2 aromatic carbocycles. The fourth-order valence-electron chi connectivity index (χ4n) is 5.17. The van der Waals surface area contributed by atoms with Crippen molar-refractivity contribution in [3.63, 3.8) is 0 Å². The number of rotatable bonds is 29. The molecule has 2 aromatic rings. The first kappa shape index (κ1) is 39.3. The van der Waals surface area contributed by atoms with E-state index in [0.29, 0.717) is 68.7 Å². The van der Waals surface area contributed by atoms with Gasteiger partial charge in [0, 0.05) is 12.5 Å². The lowest BCUT2D eigenvalue weighted by atomic mass is 10.0. The summed E-state index contributed by atoms with van der Waals surface area (Å²) in [6, 6.07) is 9.79. The van der Waals surface area contributed by atoms with Gasteiger partial charge in [-0.05, 0) is 68.4 Å². The molecule has 0 radical (unpaired) electrons. The molecular weight excluding hydrogens is 576 g/mol. The summed E-state index contributed by atoms with van der Waals surface area (Å²) >= 11 is 0. The number of unbranched alkanes of at least 4 members (excludes halogenated alkanes) is 10. The van der Waals surface area contributed by atoms with Crippen LogP contribution in [0.15, 0.2) is 30.3 Å². The summed E-state index contributed by atoms with van der Waals surface area (Å²) in [5, 5.41) is 0. The number of benzene rings is 2. The maximum Gasteiger partial charge on any atom is 0.172 e. The third-order valence-electron chi connectivity index (χ3n) is 8.02. The molecular formula is C40H64O6. The molecule has 0 bridgehead atoms. The Morgan fingerprint density at radius 1 is 0.500 bits per heavy atom. The van der Waals surface area contributed by atoms with Crippen LogP contribution in [0.2, 0.25) is 0 Å². The molecule has 46 heavy (non-hydrogen) atoms. The molecule has 0 spiro atoms. The van der Waals surface area contributed by atoms with Crippen molar-refractivity contribution in [3.05, 3.63) is 41.5 Å². The number of carbonyl (C=O) groups is 1. The first-order chi connectivity index (χ1) is 22.6. The summed E-state index contributed by atoms with van der Waals surface area (Å²) < 4.78 is 31.0. The van der Waals surface area contributed by atoms with Crippen molar-refractivity contribution >= 4 is 5.78 Å². The maximum absolute atomic E-state index is 14.1. The van der Waals surface area contributed by atoms with E-state index in [-0.39, 0.29) is 5.78 Å². The summed E-state index contributed by atoms with van der Waals surface area (Å²) in [6.45, 7) is 14.0. The van der Waals surface area contributed by atoms with Gasteiger partial charge in [0.2, 0.25) is 0 Å². The average Bonchev–Trinajstić information content (AvgIpc) is 3.07. The van der Waals surface area contributed by atoms with E-state index in [1.807, 2.05) is 30.3 Å². The van der Waals surface area contributed by atoms with Crippen molar-refractivity contribution in [3.8, 4) is 28.7 Å². The minimum atomic E-state index is 0.00843. The Balaban J connectivity index is 2.35. The van der Waals surface area contributed by atoms with Crippen LogP contribution >= 0.6 is 0 Å². The number of Topliss-reactive ketones (excluding diaryl/α,β-unsaturated/α-hetero) is 1. The van der Waals surface area contributed by atoms with Crippen LogP contribution in [0.3, 0.4) is 0 Å². The van der Waals surface area contributed by atoms with Crippen LogP contribution in [-0.4, -0.2) is 38.8 Å². The van der Waals surface area contributed by atoms with Gasteiger partial charge >= 0.3 is 0 Å². The number of carbonyl (C=O) groups excluding carboxylic acids is 1. The van der Waals surface area contributed by atoms with E-state index >= 15 is 0 Å². The van der Waals surface area contributed by atoms with Crippen molar-refractivity contribution < 1.29 is 28.5 Å². The molecule has 0 saturated carbocycles. The van der Waals surface area contributed by atoms with E-state index < -0.39 is 0 Å². The fourth-order valence-corrected chi connectivity index (χ4v) is 5.17. The van der Waals surface area contributed by atoms with E-state index in [9.17, 15) is 4.79 Å². The van der Waals surface area contributed by atoms with Crippen LogP contribution in [-0.2, 0) is 6.42 Å². The van der Waals surface area contributed by atoms with Crippen LogP contribution < -0.4 is 23.7 Å². The van der Waals surface area contributed by atoms with Gasteiger partial charge in [-0.1, -0.05) is 98.8 Å². The SMILES string of the molecule is CCCCCOc1ccc(OCCCCC)c(CCC(=O)c2cc(OCCCCC)cc(OCCCCC)c2OCCCCC)c1. The van der Waals surface area contributed by atoms with E-state index in [0.717, 1.165) is 113 Å². The summed E-state index contributed by atoms with van der Waals surface area (Å²) in [5.74, 6) is 3.47. The van der Waals surface area contributed by atoms with E-state index in [2.05, 4.69) is 34.6 Å². The van der Waals surface area contributed by atoms with Gasteiger partial charge in [-0.3, -0.25) is 4.79 Å². The molecule has 6 nitrogen and oxygen atoms in total. The van der Waals surface area contributed by atoms with E-state index in [4.69, 9.17) is 23.7 Å². The molecule has 0 aliphatic carbocycles. The number of hydrogen-bond donors (Lipinski definition) is 0. The lowest BCUT2D eigenvalue weighted by Crippen LogP contribution is -2.11. The molecule has 260 valence electrons. The second-order valence-electron chi connectivity index (χ2n) is 12.3. The molecule has 2 rings (SSSR count). The Morgan fingerprint density at radius 3 is 1.52 bits per heavy atom. The summed E-state index contributed by atoms with van der Waals surface area (Å²) in [5.41, 5.74) is 1.53. The zero-order valence-electron chi connectivity index (χ0n) is 29.9. The highest BCUT2D eigenvalue weighted by molar-refractivity contribution is 6.00. The Kier molecular flexibility index (Phi) is 21.5. The van der Waals surface area contributed by atoms with E-state index in [1.54, 1.807) is 0 Å². The largest absolute Gasteiger partial charge is 0.494 e. The Bertz CT molecular complexity index is 1080. The molecule has 0 saturated heterocycles. The predicted octanol–water partition coefficient (Wildman–Crippen LogP) is 11.3. The van der Waals surface area contributed by atoms with Crippen LogP contribution in [0, 0.1) is 0 Å². The third kappa shape index (κ3) is 15.6. The summed E-state index contributed by atoms with van der Waals surface area (Å²) in [6.07, 6.45) is 16.9. The van der Waals surface area contributed by atoms with Gasteiger partial charge in [-0.2, -0.15) is 0 Å². The van der Waals surface area contributed by atoms with Gasteiger partial charge in [-0.15, -0.1) is 0 Å². The zero-order valence-corrected chi connectivity index (χ0v) is 29.9. The highest BCUT2D eigenvalue weighted by Crippen LogP contribution is 2.38. The van der Waals surface area contributed by atoms with Gasteiger partial charge < -0.3 is 23.7 Å². The van der Waals surface area contributed by atoms with Crippen molar-refractivity contribution in [2.24, 2.45) is 0 Å². The molecule has 0 N–H and O–H groups in total. The number of aryl methyl sites for hydroxylation is 1. The van der Waals surface area contributed by atoms with Crippen LogP contribution in [0.1, 0.15) is 153 Å². The topological polar surface area (TPSA) is 63.2 Å². The Morgan fingerprint density at radius 2 is 0.978 bits per heavy atom. The molecule has 0 aliphatic rings. The average molecular weight is 641 g/mol. The van der Waals surface area contributed by atoms with Crippen LogP contribution in [0.25, 0.3) is 0 Å². The summed E-state index contributed by atoms with van der Waals surface area (Å²) in [7, 11) is 0. The Labute approximate surface area is 280 Å². The highest BCUT2D eigenvalue weighted by atomic mass is 16.5.